The number of hydrogen-bond donors (Lipinski definition) is 8. The van der Waals surface area contributed by atoms with Crippen LogP contribution in [0.3, 0.4) is 0 Å². The number of benzene rings is 2. The molecule has 11 atom stereocenters. The highest BCUT2D eigenvalue weighted by Crippen LogP contribution is 2.30. The van der Waals surface area contributed by atoms with Crippen molar-refractivity contribution in [1.82, 2.24) is 46.2 Å². The maximum absolute atomic E-state index is 14.8. The van der Waals surface area contributed by atoms with Crippen LogP contribution in [0.15, 0.2) is 66.7 Å². The minimum atomic E-state index is -1.19. The fraction of sp³-hybridized carbons (Fsp3) is 0.618. The molecule has 27 heteroatoms. The van der Waals surface area contributed by atoms with Crippen LogP contribution in [0, 0.1) is 29.6 Å². The van der Waals surface area contributed by atoms with Crippen LogP contribution in [-0.4, -0.2) is 198 Å². The van der Waals surface area contributed by atoms with Gasteiger partial charge in [0.25, 0.3) is 11.8 Å². The summed E-state index contributed by atoms with van der Waals surface area (Å²) >= 11 is 0. The summed E-state index contributed by atoms with van der Waals surface area (Å²) in [4.78, 5) is 165. The number of aliphatic carboxylic acids is 1. The number of ether oxygens (including phenoxy) is 3. The summed E-state index contributed by atoms with van der Waals surface area (Å²) in [6, 6.07) is 7.86. The molecule has 0 aliphatic carbocycles. The highest BCUT2D eigenvalue weighted by atomic mass is 16.6. The Labute approximate surface area is 558 Å². The van der Waals surface area contributed by atoms with Crippen molar-refractivity contribution in [1.29, 1.82) is 0 Å². The number of nitrogens with one attached hydrogen (secondary N) is 6. The molecule has 2 unspecified atom stereocenters. The van der Waals surface area contributed by atoms with Gasteiger partial charge in [0.15, 0.2) is 0 Å². The number of nitrogens with two attached hydrogens (primary N) is 1. The van der Waals surface area contributed by atoms with E-state index < -0.39 is 126 Å². The van der Waals surface area contributed by atoms with Gasteiger partial charge in [-0.05, 0) is 85.5 Å². The SMILES string of the molecule is CC[C@@H](C)C([C@@H](CC(=O)N1CCC[C@H]1[C@H](OC)[C@@H](C)C(=O)N[C@@H](Cc1ccccc1)C(=O)O)OC)N(C)C(=O)[C@@H](NC(=O)C(C(C)C)N(C)C(=O)OCc1ccc(NC(=O)[C@H](CCCNC(N)=O)NC(=O)[C@@H](NC(=O)CCCCCN2C(=O)C=CC2=O)C(C)C)cc1)C(C)C. The summed E-state index contributed by atoms with van der Waals surface area (Å²) in [5, 5.41) is 26.4. The number of carbonyl (C=O) groups excluding carboxylic acids is 11. The van der Waals surface area contributed by atoms with E-state index in [1.54, 1.807) is 109 Å². The molecule has 2 aliphatic heterocycles. The van der Waals surface area contributed by atoms with Gasteiger partial charge in [-0.2, -0.15) is 0 Å². The van der Waals surface area contributed by atoms with E-state index in [0.717, 1.165) is 15.4 Å². The molecular formula is C68H103N11O16. The number of nitrogens with zero attached hydrogens (tertiary/aromatic N) is 4. The molecule has 0 spiro atoms. The van der Waals surface area contributed by atoms with E-state index in [-0.39, 0.29) is 81.4 Å². The number of unbranched alkanes of at least 4 members (excludes halogenated alkanes) is 2. The zero-order valence-electron chi connectivity index (χ0n) is 57.5. The maximum atomic E-state index is 14.8. The molecule has 1 saturated heterocycles. The van der Waals surface area contributed by atoms with Crippen molar-refractivity contribution in [3.63, 3.8) is 0 Å². The topological polar surface area (TPSA) is 364 Å². The third-order valence-corrected chi connectivity index (χ3v) is 17.6. The largest absolute Gasteiger partial charge is 0.480 e. The number of imide groups is 1. The molecular weight excluding hydrogens is 1230 g/mol. The first-order valence-corrected chi connectivity index (χ1v) is 32.9. The van der Waals surface area contributed by atoms with E-state index in [1.807, 2.05) is 19.9 Å². The Morgan fingerprint density at radius 2 is 1.33 bits per heavy atom. The predicted molar refractivity (Wildman–Crippen MR) is 354 cm³/mol. The van der Waals surface area contributed by atoms with Crippen LogP contribution in [0.25, 0.3) is 0 Å². The number of rotatable bonds is 39. The van der Waals surface area contributed by atoms with Crippen molar-refractivity contribution in [2.45, 2.75) is 194 Å². The summed E-state index contributed by atoms with van der Waals surface area (Å²) in [7, 11) is 5.96. The van der Waals surface area contributed by atoms with E-state index in [9.17, 15) is 62.6 Å². The highest BCUT2D eigenvalue weighted by Gasteiger charge is 2.44. The second-order valence-corrected chi connectivity index (χ2v) is 25.7. The first-order valence-electron chi connectivity index (χ1n) is 32.9. The molecule has 0 radical (unpaired) electrons. The third kappa shape index (κ3) is 23.8. The monoisotopic (exact) mass is 1330 g/mol. The number of carboxylic acids is 1. The molecule has 27 nitrogen and oxygen atoms in total. The fourth-order valence-electron chi connectivity index (χ4n) is 12.0. The molecule has 1 fully saturated rings. The van der Waals surface area contributed by atoms with E-state index in [2.05, 4.69) is 31.9 Å². The van der Waals surface area contributed by atoms with Crippen LogP contribution in [-0.2, 0) is 75.2 Å². The van der Waals surface area contributed by atoms with Gasteiger partial charge in [0.2, 0.25) is 41.4 Å². The van der Waals surface area contributed by atoms with Crippen LogP contribution >= 0.6 is 0 Å². The molecule has 95 heavy (non-hydrogen) atoms. The lowest BCUT2D eigenvalue weighted by Gasteiger charge is -2.41. The first-order chi connectivity index (χ1) is 44.9. The summed E-state index contributed by atoms with van der Waals surface area (Å²) < 4.78 is 17.7. The maximum Gasteiger partial charge on any atom is 0.410 e. The molecule has 2 aromatic carbocycles. The second kappa shape index (κ2) is 38.8. The van der Waals surface area contributed by atoms with Crippen molar-refractivity contribution in [3.8, 4) is 0 Å². The smallest absolute Gasteiger partial charge is 0.410 e. The van der Waals surface area contributed by atoms with Gasteiger partial charge in [-0.1, -0.05) is 118 Å². The first kappa shape index (κ1) is 79.0. The number of hydrogen-bond acceptors (Lipinski definition) is 15. The third-order valence-electron chi connectivity index (χ3n) is 17.6. The Bertz CT molecular complexity index is 2950. The highest BCUT2D eigenvalue weighted by molar-refractivity contribution is 6.12. The number of amides is 12. The van der Waals surface area contributed by atoms with Crippen molar-refractivity contribution in [2.24, 2.45) is 35.3 Å². The molecule has 9 N–H and O–H groups in total. The Kier molecular flexibility index (Phi) is 32.2. The number of anilines is 1. The average Bonchev–Trinajstić information content (AvgIpc) is 1.81. The van der Waals surface area contributed by atoms with Gasteiger partial charge in [-0.25, -0.2) is 14.4 Å². The summed E-state index contributed by atoms with van der Waals surface area (Å²) in [5.41, 5.74) is 6.83. The van der Waals surface area contributed by atoms with Gasteiger partial charge in [-0.15, -0.1) is 0 Å². The number of carbonyl (C=O) groups is 12. The number of urea groups is 1. The lowest BCUT2D eigenvalue weighted by Crippen LogP contribution is -2.60. The van der Waals surface area contributed by atoms with E-state index in [4.69, 9.17) is 19.9 Å². The van der Waals surface area contributed by atoms with E-state index in [1.165, 1.54) is 38.3 Å². The van der Waals surface area contributed by atoms with Crippen molar-refractivity contribution in [2.75, 3.05) is 53.3 Å². The van der Waals surface area contributed by atoms with Crippen LogP contribution < -0.4 is 37.6 Å². The van der Waals surface area contributed by atoms with Crippen molar-refractivity contribution in [3.05, 3.63) is 77.9 Å². The molecule has 12 amide bonds. The summed E-state index contributed by atoms with van der Waals surface area (Å²) in [6.07, 6.45) is 3.58. The molecule has 2 aromatic rings. The lowest BCUT2D eigenvalue weighted by molar-refractivity contribution is -0.148. The van der Waals surface area contributed by atoms with Crippen LogP contribution in [0.5, 0.6) is 0 Å². The van der Waals surface area contributed by atoms with Gasteiger partial charge >= 0.3 is 18.1 Å². The number of likely N-dealkylation sites (N-methyl/N-ethyl adjacent to an activating group) is 2. The van der Waals surface area contributed by atoms with E-state index >= 15 is 0 Å². The molecule has 0 saturated carbocycles. The Morgan fingerprint density at radius 3 is 1.89 bits per heavy atom. The molecule has 0 bridgehead atoms. The lowest BCUT2D eigenvalue weighted by atomic mass is 9.89. The van der Waals surface area contributed by atoms with Gasteiger partial charge in [0.05, 0.1) is 36.6 Å². The van der Waals surface area contributed by atoms with Crippen LogP contribution in [0.4, 0.5) is 15.3 Å². The van der Waals surface area contributed by atoms with Crippen LogP contribution in [0.2, 0.25) is 0 Å². The minimum absolute atomic E-state index is 0.0752. The van der Waals surface area contributed by atoms with Gasteiger partial charge in [-0.3, -0.25) is 53.0 Å². The zero-order valence-corrected chi connectivity index (χ0v) is 57.5. The quantitative estimate of drug-likeness (QED) is 0.0333. The van der Waals surface area contributed by atoms with Crippen LogP contribution in [0.1, 0.15) is 138 Å². The number of methoxy groups -OCH3 is 2. The number of carboxylic acid groups (broad SMARTS) is 1. The Hall–Kier alpha value is -8.46. The van der Waals surface area contributed by atoms with Gasteiger partial charge in [0.1, 0.15) is 36.8 Å². The zero-order chi connectivity index (χ0) is 70.8. The number of likely N-dealkylation sites (tertiary alicyclic amines) is 1. The van der Waals surface area contributed by atoms with Crippen molar-refractivity contribution < 1.29 is 76.9 Å². The molecule has 2 heterocycles. The normalized spacial score (nSPS) is 16.9. The predicted octanol–water partition coefficient (Wildman–Crippen LogP) is 4.65. The average molecular weight is 1330 g/mol. The molecule has 526 valence electrons. The van der Waals surface area contributed by atoms with Crippen molar-refractivity contribution >= 4 is 76.9 Å². The Morgan fingerprint density at radius 1 is 0.695 bits per heavy atom. The molecule has 2 aliphatic rings. The molecule has 4 rings (SSSR count). The standard InChI is InChI=1S/C68H103N11O16/c1-14-43(8)59(51(93-12)38-55(83)78-36-22-26-50(78)60(94-13)44(9)61(84)73-49(66(89)90)37-45-23-17-15-18-24-45)76(10)65(88)57(41(4)5)75-64(87)58(42(6)7)77(11)68(92)95-39-46-28-30-47(31-29-46)71-62(85)48(25-21-34-70-67(69)91)72-63(86)56(40(2)3)74-52(80)27-19-16-20-35-79-53(81)32-33-54(79)82/h15,17-18,23-24,28-33,40-44,48-51,56-60H,14,16,19-22,25-27,34-39H2,1-13H3,(H,71,85)(H,72,86)(H,73,84)(H,74,80)(H,75,87)(H,89,90)(H3,69,70,91)/t43-,44-,48+,49+,50+,51-,56+,57+,58?,59?,60-/m1/s1. The van der Waals surface area contributed by atoms with Gasteiger partial charge in [0, 0.05) is 78.6 Å². The molecule has 0 aromatic heterocycles. The Balaban J connectivity index is 1.38. The number of primary amides is 1. The summed E-state index contributed by atoms with van der Waals surface area (Å²) in [6.45, 7) is 16.6. The fourth-order valence-corrected chi connectivity index (χ4v) is 12.0. The van der Waals surface area contributed by atoms with Gasteiger partial charge < -0.3 is 66.8 Å². The van der Waals surface area contributed by atoms with E-state index in [0.29, 0.717) is 56.3 Å². The second-order valence-electron chi connectivity index (χ2n) is 25.7. The minimum Gasteiger partial charge on any atom is -0.480 e. The summed E-state index contributed by atoms with van der Waals surface area (Å²) in [5.74, 6) is -7.74.